The van der Waals surface area contributed by atoms with Crippen LogP contribution in [0.2, 0.25) is 0 Å². The Morgan fingerprint density at radius 2 is 2.11 bits per heavy atom. The Kier molecular flexibility index (Phi) is 6.25. The average molecular weight is 287 g/mol. The zero-order chi connectivity index (χ0) is 13.0. The summed E-state index contributed by atoms with van der Waals surface area (Å²) >= 11 is 0. The summed E-state index contributed by atoms with van der Waals surface area (Å²) in [5, 5.41) is 3.12. The number of carbonyl (C=O) groups excluding carboxylic acids is 1. The molecule has 2 rings (SSSR count). The second kappa shape index (κ2) is 7.46. The Balaban J connectivity index is 0.00000180. The lowest BCUT2D eigenvalue weighted by Crippen LogP contribution is -2.41. The summed E-state index contributed by atoms with van der Waals surface area (Å²) in [5.41, 5.74) is 0.872. The van der Waals surface area contributed by atoms with Crippen LogP contribution >= 0.6 is 12.4 Å². The van der Waals surface area contributed by atoms with E-state index in [9.17, 15) is 9.18 Å². The average Bonchev–Trinajstić information content (AvgIpc) is 2.81. The van der Waals surface area contributed by atoms with Crippen molar-refractivity contribution in [2.75, 3.05) is 20.1 Å². The number of nitrogens with one attached hydrogen (secondary N) is 1. The lowest BCUT2D eigenvalue weighted by atomic mass is 10.1. The Bertz CT molecular complexity index is 410. The van der Waals surface area contributed by atoms with E-state index >= 15 is 0 Å². The number of likely N-dealkylation sites (tertiary alicyclic amines) is 1. The van der Waals surface area contributed by atoms with Gasteiger partial charge in [0.2, 0.25) is 5.91 Å². The van der Waals surface area contributed by atoms with Gasteiger partial charge in [-0.1, -0.05) is 12.1 Å². The molecular formula is C14H20ClFN2O. The van der Waals surface area contributed by atoms with Crippen LogP contribution in [-0.2, 0) is 11.2 Å². The standard InChI is InChI=1S/C14H19FN2O.ClH/c1-16-10-13-3-2-8-17(13)14(18)9-11-4-6-12(15)7-5-11;/h4-7,13,16H,2-3,8-10H2,1H3;1H. The largest absolute Gasteiger partial charge is 0.338 e. The van der Waals surface area contributed by atoms with E-state index in [-0.39, 0.29) is 24.1 Å². The van der Waals surface area contributed by atoms with Crippen LogP contribution in [0.3, 0.4) is 0 Å². The lowest BCUT2D eigenvalue weighted by Gasteiger charge is -2.24. The van der Waals surface area contributed by atoms with E-state index in [4.69, 9.17) is 0 Å². The molecule has 3 nitrogen and oxygen atoms in total. The number of amides is 1. The van der Waals surface area contributed by atoms with Crippen LogP contribution in [0.15, 0.2) is 24.3 Å². The first-order valence-electron chi connectivity index (χ1n) is 6.39. The van der Waals surface area contributed by atoms with Crippen molar-refractivity contribution in [2.45, 2.75) is 25.3 Å². The van der Waals surface area contributed by atoms with Gasteiger partial charge < -0.3 is 10.2 Å². The van der Waals surface area contributed by atoms with Crippen molar-refractivity contribution in [1.82, 2.24) is 10.2 Å². The number of hydrogen-bond acceptors (Lipinski definition) is 2. The maximum absolute atomic E-state index is 12.8. The van der Waals surface area contributed by atoms with Gasteiger partial charge in [0.05, 0.1) is 6.42 Å². The fraction of sp³-hybridized carbons (Fsp3) is 0.500. The monoisotopic (exact) mass is 286 g/mol. The summed E-state index contributed by atoms with van der Waals surface area (Å²) in [6.07, 6.45) is 2.50. The summed E-state index contributed by atoms with van der Waals surface area (Å²) in [6, 6.07) is 6.46. The molecule has 1 aliphatic heterocycles. The smallest absolute Gasteiger partial charge is 0.227 e. The topological polar surface area (TPSA) is 32.3 Å². The number of rotatable bonds is 4. The number of halogens is 2. The first kappa shape index (κ1) is 15.9. The lowest BCUT2D eigenvalue weighted by molar-refractivity contribution is -0.131. The van der Waals surface area contributed by atoms with Crippen molar-refractivity contribution in [2.24, 2.45) is 0 Å². The van der Waals surface area contributed by atoms with E-state index in [0.717, 1.165) is 31.5 Å². The van der Waals surface area contributed by atoms with Gasteiger partial charge in [-0.25, -0.2) is 4.39 Å². The maximum atomic E-state index is 12.8. The molecule has 1 atom stereocenters. The first-order valence-corrected chi connectivity index (χ1v) is 6.39. The van der Waals surface area contributed by atoms with Crippen LogP contribution in [0, 0.1) is 5.82 Å². The second-order valence-corrected chi connectivity index (χ2v) is 4.74. The van der Waals surface area contributed by atoms with Crippen LogP contribution in [0.1, 0.15) is 18.4 Å². The molecule has 0 saturated carbocycles. The molecular weight excluding hydrogens is 267 g/mol. The molecule has 0 aromatic heterocycles. The summed E-state index contributed by atoms with van der Waals surface area (Å²) in [4.78, 5) is 14.1. The van der Waals surface area contributed by atoms with Crippen molar-refractivity contribution in [1.29, 1.82) is 0 Å². The highest BCUT2D eigenvalue weighted by Crippen LogP contribution is 2.18. The van der Waals surface area contributed by atoms with E-state index in [1.54, 1.807) is 12.1 Å². The van der Waals surface area contributed by atoms with Gasteiger partial charge in [0, 0.05) is 19.1 Å². The number of carbonyl (C=O) groups is 1. The second-order valence-electron chi connectivity index (χ2n) is 4.74. The molecule has 1 fully saturated rings. The van der Waals surface area contributed by atoms with Crippen molar-refractivity contribution >= 4 is 18.3 Å². The minimum absolute atomic E-state index is 0. The van der Waals surface area contributed by atoms with Crippen LogP contribution < -0.4 is 5.32 Å². The molecule has 1 aliphatic rings. The molecule has 1 aromatic carbocycles. The molecule has 106 valence electrons. The molecule has 1 N–H and O–H groups in total. The Morgan fingerprint density at radius 3 is 2.74 bits per heavy atom. The van der Waals surface area contributed by atoms with Gasteiger partial charge in [-0.2, -0.15) is 0 Å². The Labute approximate surface area is 119 Å². The molecule has 0 spiro atoms. The van der Waals surface area contributed by atoms with Gasteiger partial charge in [0.25, 0.3) is 0 Å². The van der Waals surface area contributed by atoms with E-state index in [1.165, 1.54) is 12.1 Å². The van der Waals surface area contributed by atoms with E-state index in [1.807, 2.05) is 11.9 Å². The molecule has 1 aromatic rings. The molecule has 1 heterocycles. The summed E-state index contributed by atoms with van der Waals surface area (Å²) < 4.78 is 12.8. The SMILES string of the molecule is CNCC1CCCN1C(=O)Cc1ccc(F)cc1.Cl. The Morgan fingerprint density at radius 1 is 1.42 bits per heavy atom. The van der Waals surface area contributed by atoms with Crippen LogP contribution in [0.4, 0.5) is 4.39 Å². The minimum Gasteiger partial charge on any atom is -0.338 e. The third kappa shape index (κ3) is 4.18. The zero-order valence-corrected chi connectivity index (χ0v) is 11.9. The quantitative estimate of drug-likeness (QED) is 0.918. The highest BCUT2D eigenvalue weighted by atomic mass is 35.5. The van der Waals surface area contributed by atoms with Crippen molar-refractivity contribution in [3.8, 4) is 0 Å². The normalized spacial score (nSPS) is 18.2. The summed E-state index contributed by atoms with van der Waals surface area (Å²) in [5.74, 6) is -0.125. The molecule has 1 saturated heterocycles. The number of hydrogen-bond donors (Lipinski definition) is 1. The van der Waals surface area contributed by atoms with Crippen LogP contribution in [0.25, 0.3) is 0 Å². The number of nitrogens with zero attached hydrogens (tertiary/aromatic N) is 1. The molecule has 19 heavy (non-hydrogen) atoms. The highest BCUT2D eigenvalue weighted by molar-refractivity contribution is 5.85. The third-order valence-corrected chi connectivity index (χ3v) is 3.41. The van der Waals surface area contributed by atoms with E-state index in [2.05, 4.69) is 5.32 Å². The molecule has 5 heteroatoms. The van der Waals surface area contributed by atoms with Gasteiger partial charge in [-0.3, -0.25) is 4.79 Å². The fourth-order valence-electron chi connectivity index (χ4n) is 2.49. The van der Waals surface area contributed by atoms with E-state index < -0.39 is 0 Å². The molecule has 1 amide bonds. The molecule has 0 bridgehead atoms. The zero-order valence-electron chi connectivity index (χ0n) is 11.1. The number of benzene rings is 1. The number of likely N-dealkylation sites (N-methyl/N-ethyl adjacent to an activating group) is 1. The first-order chi connectivity index (χ1) is 8.70. The molecule has 1 unspecified atom stereocenters. The van der Waals surface area contributed by atoms with Gasteiger partial charge in [0.15, 0.2) is 0 Å². The predicted molar refractivity (Wildman–Crippen MR) is 76.0 cm³/mol. The van der Waals surface area contributed by atoms with Crippen molar-refractivity contribution < 1.29 is 9.18 Å². The molecule has 0 aliphatic carbocycles. The predicted octanol–water partition coefficient (Wildman–Crippen LogP) is 2.00. The maximum Gasteiger partial charge on any atom is 0.227 e. The van der Waals surface area contributed by atoms with Crippen molar-refractivity contribution in [3.05, 3.63) is 35.6 Å². The van der Waals surface area contributed by atoms with Crippen LogP contribution in [-0.4, -0.2) is 37.0 Å². The van der Waals surface area contributed by atoms with Gasteiger partial charge in [-0.15, -0.1) is 12.4 Å². The Hall–Kier alpha value is -1.13. The summed E-state index contributed by atoms with van der Waals surface area (Å²) in [7, 11) is 1.90. The fourth-order valence-corrected chi connectivity index (χ4v) is 2.49. The van der Waals surface area contributed by atoms with Gasteiger partial charge in [-0.05, 0) is 37.6 Å². The minimum atomic E-state index is -0.263. The summed E-state index contributed by atoms with van der Waals surface area (Å²) in [6.45, 7) is 1.68. The van der Waals surface area contributed by atoms with Gasteiger partial charge >= 0.3 is 0 Å². The molecule has 0 radical (unpaired) electrons. The highest BCUT2D eigenvalue weighted by Gasteiger charge is 2.27. The van der Waals surface area contributed by atoms with E-state index in [0.29, 0.717) is 12.5 Å². The van der Waals surface area contributed by atoms with Crippen LogP contribution in [0.5, 0.6) is 0 Å². The van der Waals surface area contributed by atoms with Gasteiger partial charge in [0.1, 0.15) is 5.82 Å². The van der Waals surface area contributed by atoms with Crippen molar-refractivity contribution in [3.63, 3.8) is 0 Å². The third-order valence-electron chi connectivity index (χ3n) is 3.41.